The zero-order valence-electron chi connectivity index (χ0n) is 10.4. The van der Waals surface area contributed by atoms with Crippen LogP contribution in [-0.4, -0.2) is 0 Å². The van der Waals surface area contributed by atoms with Gasteiger partial charge in [0.15, 0.2) is 0 Å². The number of thioether (sulfide) groups is 1. The minimum atomic E-state index is -0.363. The molecule has 0 saturated heterocycles. The highest BCUT2D eigenvalue weighted by atomic mass is 32.2. The fraction of sp³-hybridized carbons (Fsp3) is 0.0625. The van der Waals surface area contributed by atoms with Gasteiger partial charge in [-0.05, 0) is 41.9 Å². The van der Waals surface area contributed by atoms with Crippen LogP contribution >= 0.6 is 11.8 Å². The van der Waals surface area contributed by atoms with Gasteiger partial charge in [-0.15, -0.1) is 0 Å². The van der Waals surface area contributed by atoms with Gasteiger partial charge < -0.3 is 0 Å². The number of halogens is 1. The zero-order valence-corrected chi connectivity index (χ0v) is 11.2. The van der Waals surface area contributed by atoms with Crippen molar-refractivity contribution >= 4 is 23.9 Å². The summed E-state index contributed by atoms with van der Waals surface area (Å²) in [5.74, 6) is -0.363. The van der Waals surface area contributed by atoms with E-state index in [4.69, 9.17) is 5.26 Å². The average Bonchev–Trinajstić information content (AvgIpc) is 2.41. The number of aryl methyl sites for hydroxylation is 1. The highest BCUT2D eigenvalue weighted by Crippen LogP contribution is 2.22. The monoisotopic (exact) mass is 269 g/mol. The molecule has 3 heteroatoms. The lowest BCUT2D eigenvalue weighted by atomic mass is 10.1. The van der Waals surface area contributed by atoms with E-state index >= 15 is 0 Å². The van der Waals surface area contributed by atoms with Crippen LogP contribution in [0.5, 0.6) is 0 Å². The average molecular weight is 269 g/mol. The molecule has 0 spiro atoms. The Morgan fingerprint density at radius 2 is 1.68 bits per heavy atom. The van der Waals surface area contributed by atoms with Crippen LogP contribution in [0, 0.1) is 23.4 Å². The van der Waals surface area contributed by atoms with Gasteiger partial charge in [0.25, 0.3) is 0 Å². The lowest BCUT2D eigenvalue weighted by Gasteiger charge is -1.99. The largest absolute Gasteiger partial charge is 0.206 e. The molecule has 0 aliphatic heterocycles. The summed E-state index contributed by atoms with van der Waals surface area (Å²) >= 11 is 0.833. The Hall–Kier alpha value is -2.05. The molecule has 19 heavy (non-hydrogen) atoms. The van der Waals surface area contributed by atoms with Crippen LogP contribution in [0.3, 0.4) is 0 Å². The SMILES string of the molecule is Cc1ccc(C=Cc2ccc(SC#N)c(F)c2)cc1. The summed E-state index contributed by atoms with van der Waals surface area (Å²) in [6.45, 7) is 2.04. The first-order valence-electron chi connectivity index (χ1n) is 5.79. The number of rotatable bonds is 3. The zero-order chi connectivity index (χ0) is 13.7. The first-order valence-corrected chi connectivity index (χ1v) is 6.61. The van der Waals surface area contributed by atoms with Gasteiger partial charge in [-0.1, -0.05) is 48.0 Å². The lowest BCUT2D eigenvalue weighted by molar-refractivity contribution is 0.602. The lowest BCUT2D eigenvalue weighted by Crippen LogP contribution is -1.81. The van der Waals surface area contributed by atoms with E-state index in [2.05, 4.69) is 0 Å². The van der Waals surface area contributed by atoms with E-state index in [1.807, 2.05) is 48.7 Å². The molecule has 0 aliphatic carbocycles. The molecule has 0 amide bonds. The fourth-order valence-electron chi connectivity index (χ4n) is 1.62. The number of hydrogen-bond acceptors (Lipinski definition) is 2. The minimum absolute atomic E-state index is 0.356. The summed E-state index contributed by atoms with van der Waals surface area (Å²) in [4.78, 5) is 0.356. The third-order valence-corrected chi connectivity index (χ3v) is 3.30. The third-order valence-electron chi connectivity index (χ3n) is 2.66. The smallest absolute Gasteiger partial charge is 0.138 e. The first kappa shape index (κ1) is 13.4. The Kier molecular flexibility index (Phi) is 4.38. The molecule has 0 heterocycles. The van der Waals surface area contributed by atoms with Crippen LogP contribution in [0.1, 0.15) is 16.7 Å². The maximum Gasteiger partial charge on any atom is 0.138 e. The van der Waals surface area contributed by atoms with E-state index in [0.717, 1.165) is 22.9 Å². The van der Waals surface area contributed by atoms with Crippen molar-refractivity contribution in [3.05, 3.63) is 65.0 Å². The number of nitriles is 1. The molecule has 0 fully saturated rings. The Labute approximate surface area is 116 Å². The van der Waals surface area contributed by atoms with Crippen molar-refractivity contribution in [2.75, 3.05) is 0 Å². The first-order chi connectivity index (χ1) is 9.19. The van der Waals surface area contributed by atoms with Gasteiger partial charge in [-0.25, -0.2) is 4.39 Å². The van der Waals surface area contributed by atoms with E-state index in [1.165, 1.54) is 11.6 Å². The molecule has 1 nitrogen and oxygen atoms in total. The maximum atomic E-state index is 13.6. The quantitative estimate of drug-likeness (QED) is 0.450. The molecule has 0 unspecified atom stereocenters. The van der Waals surface area contributed by atoms with Crippen molar-refractivity contribution in [1.29, 1.82) is 5.26 Å². The van der Waals surface area contributed by atoms with E-state index in [9.17, 15) is 4.39 Å². The summed E-state index contributed by atoms with van der Waals surface area (Å²) in [6, 6.07) is 13.0. The minimum Gasteiger partial charge on any atom is -0.206 e. The number of nitrogens with zero attached hydrogens (tertiary/aromatic N) is 1. The Morgan fingerprint density at radius 3 is 2.32 bits per heavy atom. The van der Waals surface area contributed by atoms with Gasteiger partial charge in [0.1, 0.15) is 11.2 Å². The van der Waals surface area contributed by atoms with E-state index < -0.39 is 0 Å². The normalized spacial score (nSPS) is 10.6. The summed E-state index contributed by atoms with van der Waals surface area (Å²) in [7, 11) is 0. The summed E-state index contributed by atoms with van der Waals surface area (Å²) in [5.41, 5.74) is 3.06. The van der Waals surface area contributed by atoms with Crippen molar-refractivity contribution < 1.29 is 4.39 Å². The molecule has 0 radical (unpaired) electrons. The second-order valence-electron chi connectivity index (χ2n) is 4.13. The summed E-state index contributed by atoms with van der Waals surface area (Å²) in [6.07, 6.45) is 3.79. The van der Waals surface area contributed by atoms with Crippen LogP contribution in [0.15, 0.2) is 47.4 Å². The molecule has 2 aromatic rings. The Bertz CT molecular complexity index is 639. The van der Waals surface area contributed by atoms with Crippen molar-refractivity contribution in [3.8, 4) is 5.40 Å². The van der Waals surface area contributed by atoms with Gasteiger partial charge in [0.2, 0.25) is 0 Å². The van der Waals surface area contributed by atoms with Crippen LogP contribution < -0.4 is 0 Å². The number of hydrogen-bond donors (Lipinski definition) is 0. The summed E-state index contributed by atoms with van der Waals surface area (Å²) < 4.78 is 13.6. The summed E-state index contributed by atoms with van der Waals surface area (Å²) in [5, 5.41) is 10.4. The molecular formula is C16H12FNS. The molecule has 0 bridgehead atoms. The Morgan fingerprint density at radius 1 is 1.05 bits per heavy atom. The molecular weight excluding hydrogens is 257 g/mol. The second kappa shape index (κ2) is 6.21. The van der Waals surface area contributed by atoms with Gasteiger partial charge in [-0.3, -0.25) is 0 Å². The molecule has 0 atom stereocenters. The molecule has 0 saturated carbocycles. The molecule has 2 rings (SSSR count). The second-order valence-corrected chi connectivity index (χ2v) is 4.95. The van der Waals surface area contributed by atoms with Crippen molar-refractivity contribution in [2.45, 2.75) is 11.8 Å². The van der Waals surface area contributed by atoms with E-state index in [1.54, 1.807) is 12.1 Å². The van der Waals surface area contributed by atoms with Crippen LogP contribution in [0.4, 0.5) is 4.39 Å². The van der Waals surface area contributed by atoms with E-state index in [0.29, 0.717) is 4.90 Å². The molecule has 2 aromatic carbocycles. The fourth-order valence-corrected chi connectivity index (χ4v) is 2.01. The van der Waals surface area contributed by atoms with Gasteiger partial charge >= 0.3 is 0 Å². The van der Waals surface area contributed by atoms with E-state index in [-0.39, 0.29) is 5.82 Å². The van der Waals surface area contributed by atoms with Crippen LogP contribution in [0.25, 0.3) is 12.2 Å². The highest BCUT2D eigenvalue weighted by molar-refractivity contribution is 8.03. The Balaban J connectivity index is 2.17. The van der Waals surface area contributed by atoms with Crippen LogP contribution in [-0.2, 0) is 0 Å². The van der Waals surface area contributed by atoms with Crippen molar-refractivity contribution in [3.63, 3.8) is 0 Å². The third kappa shape index (κ3) is 3.70. The predicted molar refractivity (Wildman–Crippen MR) is 78.0 cm³/mol. The van der Waals surface area contributed by atoms with Gasteiger partial charge in [0.05, 0.1) is 4.90 Å². The number of benzene rings is 2. The maximum absolute atomic E-state index is 13.6. The predicted octanol–water partition coefficient (Wildman–Crippen LogP) is 4.88. The van der Waals surface area contributed by atoms with Gasteiger partial charge in [-0.2, -0.15) is 5.26 Å². The standard InChI is InChI=1S/C16H12FNS/c1-12-2-4-13(5-3-12)6-7-14-8-9-16(19-11-18)15(17)10-14/h2-10H,1H3. The van der Waals surface area contributed by atoms with Crippen molar-refractivity contribution in [1.82, 2.24) is 0 Å². The highest BCUT2D eigenvalue weighted by Gasteiger charge is 2.02. The van der Waals surface area contributed by atoms with Crippen molar-refractivity contribution in [2.24, 2.45) is 0 Å². The molecule has 94 valence electrons. The number of thiocyanates is 1. The molecule has 0 aromatic heterocycles. The van der Waals surface area contributed by atoms with Crippen LogP contribution in [0.2, 0.25) is 0 Å². The van der Waals surface area contributed by atoms with Gasteiger partial charge in [0, 0.05) is 0 Å². The topological polar surface area (TPSA) is 23.8 Å². The molecule has 0 N–H and O–H groups in total. The molecule has 0 aliphatic rings.